The van der Waals surface area contributed by atoms with Gasteiger partial charge in [0.1, 0.15) is 5.69 Å². The minimum absolute atomic E-state index is 0.0454. The number of rotatable bonds is 4. The summed E-state index contributed by atoms with van der Waals surface area (Å²) >= 11 is 0. The van der Waals surface area contributed by atoms with E-state index in [0.29, 0.717) is 5.56 Å². The first-order valence-electron chi connectivity index (χ1n) is 6.40. The summed E-state index contributed by atoms with van der Waals surface area (Å²) in [7, 11) is 0. The van der Waals surface area contributed by atoms with Gasteiger partial charge in [-0.05, 0) is 25.0 Å². The number of benzene rings is 1. The molecule has 1 heterocycles. The van der Waals surface area contributed by atoms with Crippen molar-refractivity contribution in [3.8, 4) is 11.3 Å². The maximum Gasteiger partial charge on any atom is 0.316 e. The standard InChI is InChI=1S/C14H16N4O2/c1-3-5-10-6-4-7-11(8-10)12-13(18(19)20)9(2)16-14(15)17-12/h4,6-8H,3,5H2,1-2H3,(H2,15,16,17). The van der Waals surface area contributed by atoms with Gasteiger partial charge in [-0.25, -0.2) is 9.97 Å². The Morgan fingerprint density at radius 2 is 2.10 bits per heavy atom. The molecule has 0 amide bonds. The Hall–Kier alpha value is -2.50. The van der Waals surface area contributed by atoms with E-state index in [4.69, 9.17) is 5.73 Å². The quantitative estimate of drug-likeness (QED) is 0.682. The highest BCUT2D eigenvalue weighted by Crippen LogP contribution is 2.31. The number of nitrogens with two attached hydrogens (primary N) is 1. The molecule has 0 fully saturated rings. The van der Waals surface area contributed by atoms with Crippen LogP contribution in [0.2, 0.25) is 0 Å². The second kappa shape index (κ2) is 5.64. The Morgan fingerprint density at radius 1 is 1.35 bits per heavy atom. The average Bonchev–Trinajstić information content (AvgIpc) is 2.38. The molecule has 0 radical (unpaired) electrons. The third-order valence-corrected chi connectivity index (χ3v) is 3.00. The fourth-order valence-corrected chi connectivity index (χ4v) is 2.17. The van der Waals surface area contributed by atoms with Crippen LogP contribution in [0, 0.1) is 17.0 Å². The largest absolute Gasteiger partial charge is 0.368 e. The third kappa shape index (κ3) is 2.74. The lowest BCUT2D eigenvalue weighted by atomic mass is 10.0. The summed E-state index contributed by atoms with van der Waals surface area (Å²) in [5, 5.41) is 11.2. The Labute approximate surface area is 116 Å². The van der Waals surface area contributed by atoms with Crippen molar-refractivity contribution in [1.29, 1.82) is 0 Å². The molecule has 6 heteroatoms. The number of aryl methyl sites for hydroxylation is 2. The molecule has 0 aliphatic rings. The summed E-state index contributed by atoms with van der Waals surface area (Å²) in [4.78, 5) is 18.7. The summed E-state index contributed by atoms with van der Waals surface area (Å²) in [5.74, 6) is 0.0454. The molecule has 0 saturated carbocycles. The van der Waals surface area contributed by atoms with Gasteiger partial charge in [0.2, 0.25) is 5.95 Å². The summed E-state index contributed by atoms with van der Waals surface area (Å²) in [6, 6.07) is 7.58. The normalized spacial score (nSPS) is 10.5. The van der Waals surface area contributed by atoms with Crippen molar-refractivity contribution in [3.63, 3.8) is 0 Å². The van der Waals surface area contributed by atoms with Crippen molar-refractivity contribution < 1.29 is 4.92 Å². The summed E-state index contributed by atoms with van der Waals surface area (Å²) in [6.45, 7) is 3.65. The van der Waals surface area contributed by atoms with Crippen molar-refractivity contribution in [2.75, 3.05) is 5.73 Å². The van der Waals surface area contributed by atoms with Crippen molar-refractivity contribution in [2.45, 2.75) is 26.7 Å². The minimum atomic E-state index is -0.462. The van der Waals surface area contributed by atoms with Crippen LogP contribution in [0.4, 0.5) is 11.6 Å². The molecule has 2 rings (SSSR count). The molecule has 2 N–H and O–H groups in total. The van der Waals surface area contributed by atoms with Crippen LogP contribution < -0.4 is 5.73 Å². The van der Waals surface area contributed by atoms with Crippen molar-refractivity contribution in [2.24, 2.45) is 0 Å². The highest BCUT2D eigenvalue weighted by atomic mass is 16.6. The van der Waals surface area contributed by atoms with Crippen LogP contribution in [-0.4, -0.2) is 14.9 Å². The number of nitrogens with zero attached hydrogens (tertiary/aromatic N) is 3. The van der Waals surface area contributed by atoms with Crippen LogP contribution in [0.3, 0.4) is 0 Å². The van der Waals surface area contributed by atoms with Gasteiger partial charge in [-0.3, -0.25) is 10.1 Å². The molecule has 6 nitrogen and oxygen atoms in total. The van der Waals surface area contributed by atoms with Crippen LogP contribution >= 0.6 is 0 Å². The monoisotopic (exact) mass is 272 g/mol. The predicted molar refractivity (Wildman–Crippen MR) is 77.3 cm³/mol. The molecule has 1 aromatic carbocycles. The fourth-order valence-electron chi connectivity index (χ4n) is 2.17. The molecule has 0 saturated heterocycles. The maximum absolute atomic E-state index is 11.2. The highest BCUT2D eigenvalue weighted by molar-refractivity contribution is 5.72. The van der Waals surface area contributed by atoms with Gasteiger partial charge < -0.3 is 5.73 Å². The Morgan fingerprint density at radius 3 is 2.75 bits per heavy atom. The molecule has 104 valence electrons. The number of aromatic nitrogens is 2. The van der Waals surface area contributed by atoms with Gasteiger partial charge in [-0.15, -0.1) is 0 Å². The first kappa shape index (κ1) is 13.9. The van der Waals surface area contributed by atoms with E-state index < -0.39 is 4.92 Å². The molecular weight excluding hydrogens is 256 g/mol. The van der Waals surface area contributed by atoms with E-state index in [0.717, 1.165) is 18.4 Å². The molecule has 20 heavy (non-hydrogen) atoms. The van der Waals surface area contributed by atoms with Crippen molar-refractivity contribution in [3.05, 3.63) is 45.6 Å². The Balaban J connectivity index is 2.62. The number of hydrogen-bond acceptors (Lipinski definition) is 5. The van der Waals surface area contributed by atoms with E-state index in [-0.39, 0.29) is 23.0 Å². The first-order valence-corrected chi connectivity index (χ1v) is 6.40. The molecule has 0 aliphatic carbocycles. The van der Waals surface area contributed by atoms with E-state index in [1.54, 1.807) is 13.0 Å². The molecule has 1 aromatic heterocycles. The SMILES string of the molecule is CCCc1cccc(-c2nc(N)nc(C)c2[N+](=O)[O-])c1. The molecule has 2 aromatic rings. The van der Waals surface area contributed by atoms with Crippen molar-refractivity contribution in [1.82, 2.24) is 9.97 Å². The van der Waals surface area contributed by atoms with Crippen LogP contribution in [0.5, 0.6) is 0 Å². The lowest BCUT2D eigenvalue weighted by Crippen LogP contribution is -2.04. The second-order valence-corrected chi connectivity index (χ2v) is 4.57. The molecule has 0 aliphatic heterocycles. The zero-order chi connectivity index (χ0) is 14.7. The van der Waals surface area contributed by atoms with Crippen LogP contribution in [0.25, 0.3) is 11.3 Å². The molecule has 0 bridgehead atoms. The number of anilines is 1. The van der Waals surface area contributed by atoms with E-state index in [1.165, 1.54) is 0 Å². The smallest absolute Gasteiger partial charge is 0.316 e. The molecule has 0 unspecified atom stereocenters. The molecule has 0 spiro atoms. The molecular formula is C14H16N4O2. The zero-order valence-electron chi connectivity index (χ0n) is 11.5. The second-order valence-electron chi connectivity index (χ2n) is 4.57. The predicted octanol–water partition coefficient (Wildman–Crippen LogP) is 2.89. The summed E-state index contributed by atoms with van der Waals surface area (Å²) < 4.78 is 0. The van der Waals surface area contributed by atoms with Gasteiger partial charge in [-0.2, -0.15) is 0 Å². The first-order chi connectivity index (χ1) is 9.52. The maximum atomic E-state index is 11.2. The summed E-state index contributed by atoms with van der Waals surface area (Å²) in [6.07, 6.45) is 1.93. The fraction of sp³-hybridized carbons (Fsp3) is 0.286. The lowest BCUT2D eigenvalue weighted by Gasteiger charge is -2.07. The number of nitrogen functional groups attached to an aromatic ring is 1. The highest BCUT2D eigenvalue weighted by Gasteiger charge is 2.22. The van der Waals surface area contributed by atoms with Gasteiger partial charge >= 0.3 is 5.69 Å². The van der Waals surface area contributed by atoms with E-state index in [2.05, 4.69) is 16.9 Å². The van der Waals surface area contributed by atoms with Crippen LogP contribution in [0.1, 0.15) is 24.6 Å². The van der Waals surface area contributed by atoms with Gasteiger partial charge in [0.05, 0.1) is 4.92 Å². The number of nitro groups is 1. The van der Waals surface area contributed by atoms with Gasteiger partial charge in [0.15, 0.2) is 5.69 Å². The topological polar surface area (TPSA) is 94.9 Å². The van der Waals surface area contributed by atoms with E-state index in [1.807, 2.05) is 18.2 Å². The minimum Gasteiger partial charge on any atom is -0.368 e. The zero-order valence-corrected chi connectivity index (χ0v) is 11.5. The Kier molecular flexibility index (Phi) is 3.93. The third-order valence-electron chi connectivity index (χ3n) is 3.00. The summed E-state index contributed by atoms with van der Waals surface area (Å²) in [5.41, 5.74) is 7.89. The van der Waals surface area contributed by atoms with Crippen LogP contribution in [0.15, 0.2) is 24.3 Å². The van der Waals surface area contributed by atoms with Gasteiger partial charge in [0, 0.05) is 5.56 Å². The van der Waals surface area contributed by atoms with Crippen LogP contribution in [-0.2, 0) is 6.42 Å². The number of hydrogen-bond donors (Lipinski definition) is 1. The van der Waals surface area contributed by atoms with Gasteiger partial charge in [-0.1, -0.05) is 31.5 Å². The van der Waals surface area contributed by atoms with E-state index in [9.17, 15) is 10.1 Å². The Bertz CT molecular complexity index is 656. The van der Waals surface area contributed by atoms with Crippen molar-refractivity contribution >= 4 is 11.6 Å². The average molecular weight is 272 g/mol. The van der Waals surface area contributed by atoms with E-state index >= 15 is 0 Å². The van der Waals surface area contributed by atoms with Gasteiger partial charge in [0.25, 0.3) is 0 Å². The lowest BCUT2D eigenvalue weighted by molar-refractivity contribution is -0.385. The molecule has 0 atom stereocenters.